The van der Waals surface area contributed by atoms with Crippen molar-refractivity contribution < 1.29 is 5.11 Å². The van der Waals surface area contributed by atoms with Gasteiger partial charge in [0.15, 0.2) is 11.5 Å². The predicted octanol–water partition coefficient (Wildman–Crippen LogP) is 2.49. The molecule has 0 fully saturated rings. The minimum atomic E-state index is -0.273. The van der Waals surface area contributed by atoms with Gasteiger partial charge in [-0.3, -0.25) is 4.98 Å². The number of aryl methyl sites for hydroxylation is 2. The van der Waals surface area contributed by atoms with E-state index >= 15 is 0 Å². The molecule has 23 heavy (non-hydrogen) atoms. The maximum absolute atomic E-state index is 12.3. The van der Waals surface area contributed by atoms with E-state index < -0.39 is 0 Å². The van der Waals surface area contributed by atoms with Crippen LogP contribution in [0.5, 0.6) is 5.75 Å². The molecule has 0 saturated heterocycles. The Morgan fingerprint density at radius 1 is 1.22 bits per heavy atom. The van der Waals surface area contributed by atoms with Gasteiger partial charge in [-0.1, -0.05) is 0 Å². The van der Waals surface area contributed by atoms with Gasteiger partial charge in [0.1, 0.15) is 10.6 Å². The number of aromatic nitrogens is 4. The third-order valence-electron chi connectivity index (χ3n) is 4.29. The highest BCUT2D eigenvalue weighted by molar-refractivity contribution is 7.19. The Bertz CT molecular complexity index is 1120. The minimum absolute atomic E-state index is 0.188. The van der Waals surface area contributed by atoms with Crippen molar-refractivity contribution in [3.63, 3.8) is 0 Å². The zero-order chi connectivity index (χ0) is 15.6. The van der Waals surface area contributed by atoms with E-state index in [2.05, 4.69) is 15.1 Å². The van der Waals surface area contributed by atoms with Crippen LogP contribution in [0.3, 0.4) is 0 Å². The molecule has 0 aliphatic heterocycles. The first-order chi connectivity index (χ1) is 11.2. The number of aromatic hydroxyl groups is 1. The molecule has 0 radical (unpaired) electrons. The van der Waals surface area contributed by atoms with Crippen LogP contribution < -0.4 is 5.69 Å². The van der Waals surface area contributed by atoms with Gasteiger partial charge in [0.2, 0.25) is 0 Å². The van der Waals surface area contributed by atoms with Crippen molar-refractivity contribution in [2.75, 3.05) is 0 Å². The van der Waals surface area contributed by atoms with Crippen molar-refractivity contribution >= 4 is 27.2 Å². The van der Waals surface area contributed by atoms with Crippen molar-refractivity contribution in [1.29, 1.82) is 0 Å². The molecule has 114 valence electrons. The zero-order valence-electron chi connectivity index (χ0n) is 12.0. The topological polar surface area (TPSA) is 83.3 Å². The van der Waals surface area contributed by atoms with E-state index in [-0.39, 0.29) is 11.4 Å². The fourth-order valence-corrected chi connectivity index (χ4v) is 4.50. The summed E-state index contributed by atoms with van der Waals surface area (Å²) < 4.78 is 1.34. The summed E-state index contributed by atoms with van der Waals surface area (Å²) in [4.78, 5) is 22.0. The number of nitrogens with one attached hydrogen (secondary N) is 1. The molecule has 0 saturated carbocycles. The van der Waals surface area contributed by atoms with E-state index in [1.807, 2.05) is 0 Å². The Balaban J connectivity index is 1.85. The maximum atomic E-state index is 12.3. The largest absolute Gasteiger partial charge is 0.508 e. The van der Waals surface area contributed by atoms with Gasteiger partial charge in [0, 0.05) is 10.4 Å². The third kappa shape index (κ3) is 1.77. The second-order valence-electron chi connectivity index (χ2n) is 5.71. The molecule has 1 aliphatic carbocycles. The average Bonchev–Trinajstić information content (AvgIpc) is 3.21. The first-order valence-electron chi connectivity index (χ1n) is 7.43. The smallest absolute Gasteiger partial charge is 0.349 e. The maximum Gasteiger partial charge on any atom is 0.349 e. The molecule has 5 rings (SSSR count). The Hall–Kier alpha value is -2.67. The first-order valence-corrected chi connectivity index (χ1v) is 8.25. The monoisotopic (exact) mass is 324 g/mol. The number of thiophene rings is 1. The number of hydrogen-bond acceptors (Lipinski definition) is 5. The second kappa shape index (κ2) is 4.42. The van der Waals surface area contributed by atoms with Gasteiger partial charge in [-0.15, -0.1) is 16.4 Å². The lowest BCUT2D eigenvalue weighted by atomic mass is 10.2. The molecular formula is C16H12N4O2S. The average molecular weight is 324 g/mol. The van der Waals surface area contributed by atoms with Crippen molar-refractivity contribution in [2.45, 2.75) is 19.3 Å². The van der Waals surface area contributed by atoms with Crippen LogP contribution in [0.1, 0.15) is 16.9 Å². The van der Waals surface area contributed by atoms with Crippen LogP contribution in [0.2, 0.25) is 0 Å². The van der Waals surface area contributed by atoms with Gasteiger partial charge in [-0.05, 0) is 49.1 Å². The van der Waals surface area contributed by atoms with E-state index in [1.54, 1.807) is 35.6 Å². The molecule has 3 heterocycles. The highest BCUT2D eigenvalue weighted by Crippen LogP contribution is 2.37. The Morgan fingerprint density at radius 2 is 2.04 bits per heavy atom. The van der Waals surface area contributed by atoms with Crippen molar-refractivity contribution in [3.8, 4) is 17.1 Å². The summed E-state index contributed by atoms with van der Waals surface area (Å²) in [5, 5.41) is 14.8. The minimum Gasteiger partial charge on any atom is -0.508 e. The number of hydrogen-bond donors (Lipinski definition) is 2. The lowest BCUT2D eigenvalue weighted by Crippen LogP contribution is -2.17. The molecule has 0 unspecified atom stereocenters. The molecule has 0 amide bonds. The number of phenolic OH excluding ortho intramolecular Hbond substituents is 1. The normalized spacial score (nSPS) is 13.9. The molecule has 0 atom stereocenters. The SMILES string of the molecule is O=c1[nH]c2sc3c(c2c2nc(-c4ccc(O)cc4)nn12)CCC3. The summed E-state index contributed by atoms with van der Waals surface area (Å²) in [6.45, 7) is 0. The molecule has 7 heteroatoms. The van der Waals surface area contributed by atoms with Gasteiger partial charge in [0.25, 0.3) is 0 Å². The van der Waals surface area contributed by atoms with Crippen molar-refractivity contribution in [1.82, 2.24) is 19.6 Å². The number of benzene rings is 1. The number of rotatable bonds is 1. The summed E-state index contributed by atoms with van der Waals surface area (Å²) in [6, 6.07) is 6.66. The van der Waals surface area contributed by atoms with Crippen LogP contribution in [0, 0.1) is 0 Å². The van der Waals surface area contributed by atoms with Crippen LogP contribution in [0.4, 0.5) is 0 Å². The molecule has 4 aromatic rings. The second-order valence-corrected chi connectivity index (χ2v) is 6.81. The number of fused-ring (bicyclic) bond motifs is 5. The van der Waals surface area contributed by atoms with Crippen molar-refractivity contribution in [2.24, 2.45) is 0 Å². The molecule has 0 bridgehead atoms. The van der Waals surface area contributed by atoms with E-state index in [0.29, 0.717) is 11.5 Å². The van der Waals surface area contributed by atoms with E-state index in [4.69, 9.17) is 0 Å². The quantitative estimate of drug-likeness (QED) is 0.563. The first kappa shape index (κ1) is 12.8. The molecule has 1 aromatic carbocycles. The van der Waals surface area contributed by atoms with E-state index in [9.17, 15) is 9.90 Å². The van der Waals surface area contributed by atoms with Crippen LogP contribution in [0.15, 0.2) is 29.1 Å². The van der Waals surface area contributed by atoms with Crippen molar-refractivity contribution in [3.05, 3.63) is 45.2 Å². The highest BCUT2D eigenvalue weighted by atomic mass is 32.1. The zero-order valence-corrected chi connectivity index (χ0v) is 12.9. The van der Waals surface area contributed by atoms with Gasteiger partial charge in [-0.25, -0.2) is 9.78 Å². The van der Waals surface area contributed by atoms with E-state index in [0.717, 1.165) is 35.0 Å². The highest BCUT2D eigenvalue weighted by Gasteiger charge is 2.22. The fourth-order valence-electron chi connectivity index (χ4n) is 3.23. The number of phenols is 1. The molecule has 0 spiro atoms. The molecule has 2 N–H and O–H groups in total. The predicted molar refractivity (Wildman–Crippen MR) is 88.1 cm³/mol. The fraction of sp³-hybridized carbons (Fsp3) is 0.188. The summed E-state index contributed by atoms with van der Waals surface area (Å²) in [6.07, 6.45) is 3.25. The van der Waals surface area contributed by atoms with Crippen LogP contribution in [-0.4, -0.2) is 24.7 Å². The summed E-state index contributed by atoms with van der Waals surface area (Å²) >= 11 is 1.65. The lowest BCUT2D eigenvalue weighted by Gasteiger charge is -1.95. The Morgan fingerprint density at radius 3 is 2.87 bits per heavy atom. The van der Waals surface area contributed by atoms with Crippen LogP contribution in [0.25, 0.3) is 27.3 Å². The van der Waals surface area contributed by atoms with Gasteiger partial charge >= 0.3 is 5.69 Å². The number of H-pyrrole nitrogens is 1. The number of nitrogens with zero attached hydrogens (tertiary/aromatic N) is 3. The van der Waals surface area contributed by atoms with Crippen LogP contribution >= 0.6 is 11.3 Å². The summed E-state index contributed by atoms with van der Waals surface area (Å²) in [7, 11) is 0. The van der Waals surface area contributed by atoms with Crippen LogP contribution in [-0.2, 0) is 12.8 Å². The van der Waals surface area contributed by atoms with Gasteiger partial charge in [0.05, 0.1) is 5.39 Å². The lowest BCUT2D eigenvalue weighted by molar-refractivity contribution is 0.475. The third-order valence-corrected chi connectivity index (χ3v) is 5.50. The van der Waals surface area contributed by atoms with Gasteiger partial charge < -0.3 is 5.11 Å². The Kier molecular flexibility index (Phi) is 2.47. The van der Waals surface area contributed by atoms with Gasteiger partial charge in [-0.2, -0.15) is 4.52 Å². The molecule has 3 aromatic heterocycles. The molecule has 6 nitrogen and oxygen atoms in total. The summed E-state index contributed by atoms with van der Waals surface area (Å²) in [5.74, 6) is 0.675. The molecule has 1 aliphatic rings. The Labute approximate surface area is 134 Å². The van der Waals surface area contributed by atoms with E-state index in [1.165, 1.54) is 15.0 Å². The number of aromatic amines is 1. The molecular weight excluding hydrogens is 312 g/mol. The standard InChI is InChI=1S/C16H12N4O2S/c21-9-6-4-8(5-7-9)13-17-14-12-10-2-1-3-11(10)23-15(12)18-16(22)20(14)19-13/h4-7,21H,1-3H2,(H,18,22). The summed E-state index contributed by atoms with van der Waals surface area (Å²) in [5.41, 5.74) is 2.41.